The summed E-state index contributed by atoms with van der Waals surface area (Å²) in [5.41, 5.74) is 5.69. The summed E-state index contributed by atoms with van der Waals surface area (Å²) in [6.45, 7) is 5.63. The number of anilines is 2. The maximum Gasteiger partial charge on any atom is 0.227 e. The predicted octanol–water partition coefficient (Wildman–Crippen LogP) is 4.88. The Balaban J connectivity index is 1.32. The lowest BCUT2D eigenvalue weighted by Gasteiger charge is -2.33. The Hall–Kier alpha value is -3.87. The molecule has 7 heteroatoms. The lowest BCUT2D eigenvalue weighted by Crippen LogP contribution is -2.39. The second-order valence-electron chi connectivity index (χ2n) is 8.90. The van der Waals surface area contributed by atoms with E-state index in [9.17, 15) is 4.79 Å². The minimum Gasteiger partial charge on any atom is -0.497 e. The van der Waals surface area contributed by atoms with Crippen molar-refractivity contribution in [2.75, 3.05) is 30.4 Å². The normalized spacial score (nSPS) is 14.4. The van der Waals surface area contributed by atoms with Gasteiger partial charge in [0.25, 0.3) is 0 Å². The molecule has 2 aromatic carbocycles. The molecule has 0 atom stereocenters. The van der Waals surface area contributed by atoms with Gasteiger partial charge in [-0.2, -0.15) is 9.61 Å². The van der Waals surface area contributed by atoms with Crippen molar-refractivity contribution in [2.24, 2.45) is 5.92 Å². The van der Waals surface area contributed by atoms with Crippen LogP contribution in [0.1, 0.15) is 24.1 Å². The summed E-state index contributed by atoms with van der Waals surface area (Å²) in [4.78, 5) is 19.8. The Morgan fingerprint density at radius 1 is 1.00 bits per heavy atom. The van der Waals surface area contributed by atoms with Gasteiger partial charge in [-0.15, -0.1) is 0 Å². The Morgan fingerprint density at radius 3 is 2.38 bits per heavy atom. The van der Waals surface area contributed by atoms with Gasteiger partial charge in [0, 0.05) is 48.1 Å². The molecule has 1 aliphatic rings. The molecule has 0 bridgehead atoms. The first kappa shape index (κ1) is 21.9. The molecule has 7 nitrogen and oxygen atoms in total. The molecule has 1 aliphatic heterocycles. The average molecular weight is 456 g/mol. The minimum atomic E-state index is 0.00320. The van der Waals surface area contributed by atoms with Gasteiger partial charge < -0.3 is 15.0 Å². The third kappa shape index (κ3) is 4.46. The molecule has 0 unspecified atom stereocenters. The van der Waals surface area contributed by atoms with Gasteiger partial charge in [0.1, 0.15) is 11.6 Å². The zero-order valence-electron chi connectivity index (χ0n) is 19.8. The van der Waals surface area contributed by atoms with Crippen LogP contribution >= 0.6 is 0 Å². The second-order valence-corrected chi connectivity index (χ2v) is 8.90. The molecule has 0 aliphatic carbocycles. The number of carbonyl (C=O) groups excluding carboxylic acids is 1. The number of aryl methyl sites for hydroxylation is 2. The maximum absolute atomic E-state index is 12.8. The summed E-state index contributed by atoms with van der Waals surface area (Å²) in [7, 11) is 1.66. The number of piperidine rings is 1. The van der Waals surface area contributed by atoms with Gasteiger partial charge in [0.05, 0.1) is 12.8 Å². The molecule has 1 N–H and O–H groups in total. The van der Waals surface area contributed by atoms with Crippen LogP contribution in [0.25, 0.3) is 16.9 Å². The summed E-state index contributed by atoms with van der Waals surface area (Å²) in [5.74, 6) is 1.93. The molecule has 3 heterocycles. The van der Waals surface area contributed by atoms with Crippen LogP contribution in [0.4, 0.5) is 11.5 Å². The van der Waals surface area contributed by atoms with Crippen molar-refractivity contribution in [3.05, 3.63) is 71.9 Å². The van der Waals surface area contributed by atoms with E-state index in [4.69, 9.17) is 14.8 Å². The van der Waals surface area contributed by atoms with Crippen LogP contribution < -0.4 is 15.0 Å². The first-order chi connectivity index (χ1) is 16.5. The number of aromatic nitrogens is 3. The fraction of sp³-hybridized carbons (Fsp3) is 0.296. The van der Waals surface area contributed by atoms with Crippen molar-refractivity contribution in [1.29, 1.82) is 0 Å². The molecule has 5 rings (SSSR count). The lowest BCUT2D eigenvalue weighted by molar-refractivity contribution is -0.120. The fourth-order valence-electron chi connectivity index (χ4n) is 4.46. The summed E-state index contributed by atoms with van der Waals surface area (Å²) < 4.78 is 7.18. The Bertz CT molecular complexity index is 1300. The van der Waals surface area contributed by atoms with E-state index < -0.39 is 0 Å². The smallest absolute Gasteiger partial charge is 0.227 e. The largest absolute Gasteiger partial charge is 0.497 e. The average Bonchev–Trinajstić information content (AvgIpc) is 3.29. The van der Waals surface area contributed by atoms with E-state index in [0.717, 1.165) is 65.8 Å². The highest BCUT2D eigenvalue weighted by atomic mass is 16.5. The van der Waals surface area contributed by atoms with Crippen LogP contribution in [0.3, 0.4) is 0 Å². The summed E-state index contributed by atoms with van der Waals surface area (Å²) in [6, 6.07) is 19.9. The van der Waals surface area contributed by atoms with Gasteiger partial charge in [-0.3, -0.25) is 4.79 Å². The standard InChI is InChI=1S/C27H29N5O2/c1-18-4-8-22(9-5-18)29-27(33)21-12-14-31(15-13-21)26-16-19(2)28-25-17-24(30-32(25)26)20-6-10-23(34-3)11-7-20/h4-11,16-17,21H,12-15H2,1-3H3,(H,29,33). The molecule has 0 saturated carbocycles. The number of amides is 1. The summed E-state index contributed by atoms with van der Waals surface area (Å²) >= 11 is 0. The van der Waals surface area contributed by atoms with Gasteiger partial charge in [-0.05, 0) is 63.1 Å². The van der Waals surface area contributed by atoms with E-state index in [0.29, 0.717) is 0 Å². The number of nitrogens with zero attached hydrogens (tertiary/aromatic N) is 4. The van der Waals surface area contributed by atoms with Crippen molar-refractivity contribution in [1.82, 2.24) is 14.6 Å². The van der Waals surface area contributed by atoms with Gasteiger partial charge in [-0.1, -0.05) is 17.7 Å². The number of rotatable bonds is 5. The highest BCUT2D eigenvalue weighted by Crippen LogP contribution is 2.28. The maximum atomic E-state index is 12.8. The number of carbonyl (C=O) groups is 1. The Morgan fingerprint density at radius 2 is 1.71 bits per heavy atom. The van der Waals surface area contributed by atoms with E-state index in [1.165, 1.54) is 5.56 Å². The first-order valence-corrected chi connectivity index (χ1v) is 11.6. The van der Waals surface area contributed by atoms with Crippen LogP contribution in [0.15, 0.2) is 60.7 Å². The van der Waals surface area contributed by atoms with Crippen LogP contribution in [-0.2, 0) is 4.79 Å². The summed E-state index contributed by atoms with van der Waals surface area (Å²) in [6.07, 6.45) is 1.60. The fourth-order valence-corrected chi connectivity index (χ4v) is 4.46. The third-order valence-corrected chi connectivity index (χ3v) is 6.43. The highest BCUT2D eigenvalue weighted by molar-refractivity contribution is 5.92. The van der Waals surface area contributed by atoms with E-state index in [-0.39, 0.29) is 11.8 Å². The topological polar surface area (TPSA) is 71.8 Å². The lowest BCUT2D eigenvalue weighted by atomic mass is 9.95. The number of benzene rings is 2. The number of nitrogens with one attached hydrogen (secondary N) is 1. The molecule has 2 aromatic heterocycles. The van der Waals surface area contributed by atoms with E-state index in [1.807, 2.05) is 73.0 Å². The van der Waals surface area contributed by atoms with Crippen LogP contribution in [0.5, 0.6) is 5.75 Å². The van der Waals surface area contributed by atoms with Crippen LogP contribution in [0, 0.1) is 19.8 Å². The number of fused-ring (bicyclic) bond motifs is 1. The van der Waals surface area contributed by atoms with Gasteiger partial charge >= 0.3 is 0 Å². The van der Waals surface area contributed by atoms with Crippen molar-refractivity contribution in [3.63, 3.8) is 0 Å². The number of hydrogen-bond donors (Lipinski definition) is 1. The monoisotopic (exact) mass is 455 g/mol. The SMILES string of the molecule is COc1ccc(-c2cc3nc(C)cc(N4CCC(C(=O)Nc5ccc(C)cc5)CC4)n3n2)cc1. The zero-order valence-corrected chi connectivity index (χ0v) is 19.8. The van der Waals surface area contributed by atoms with Gasteiger partial charge in [0.2, 0.25) is 5.91 Å². The molecular weight excluding hydrogens is 426 g/mol. The molecule has 0 radical (unpaired) electrons. The first-order valence-electron chi connectivity index (χ1n) is 11.6. The highest BCUT2D eigenvalue weighted by Gasteiger charge is 2.27. The van der Waals surface area contributed by atoms with Crippen molar-refractivity contribution < 1.29 is 9.53 Å². The zero-order chi connectivity index (χ0) is 23.7. The van der Waals surface area contributed by atoms with Crippen molar-refractivity contribution in [2.45, 2.75) is 26.7 Å². The molecule has 34 heavy (non-hydrogen) atoms. The number of methoxy groups -OCH3 is 1. The third-order valence-electron chi connectivity index (χ3n) is 6.43. The van der Waals surface area contributed by atoms with E-state index >= 15 is 0 Å². The Labute approximate surface area is 199 Å². The molecule has 1 saturated heterocycles. The van der Waals surface area contributed by atoms with Crippen molar-refractivity contribution in [3.8, 4) is 17.0 Å². The molecule has 4 aromatic rings. The quantitative estimate of drug-likeness (QED) is 0.465. The van der Waals surface area contributed by atoms with E-state index in [1.54, 1.807) is 7.11 Å². The van der Waals surface area contributed by atoms with Crippen molar-refractivity contribution >= 4 is 23.1 Å². The molecule has 1 fully saturated rings. The predicted molar refractivity (Wildman–Crippen MR) is 134 cm³/mol. The molecule has 1 amide bonds. The van der Waals surface area contributed by atoms with Crippen LogP contribution in [-0.4, -0.2) is 40.7 Å². The molecular formula is C27H29N5O2. The van der Waals surface area contributed by atoms with Gasteiger partial charge in [0.15, 0.2) is 5.65 Å². The minimum absolute atomic E-state index is 0.00320. The number of hydrogen-bond acceptors (Lipinski definition) is 5. The van der Waals surface area contributed by atoms with Gasteiger partial charge in [-0.25, -0.2) is 4.98 Å². The molecule has 174 valence electrons. The second kappa shape index (κ2) is 9.17. The number of ether oxygens (including phenoxy) is 1. The van der Waals surface area contributed by atoms with E-state index in [2.05, 4.69) is 16.3 Å². The Kier molecular flexibility index (Phi) is 5.92. The van der Waals surface area contributed by atoms with Crippen LogP contribution in [0.2, 0.25) is 0 Å². The summed E-state index contributed by atoms with van der Waals surface area (Å²) in [5, 5.41) is 7.93. The molecule has 0 spiro atoms.